The van der Waals surface area contributed by atoms with Crippen molar-refractivity contribution in [3.63, 3.8) is 0 Å². The fourth-order valence-electron chi connectivity index (χ4n) is 9.92. The number of nitrogens with zero attached hydrogens (tertiary/aromatic N) is 10. The molecule has 0 radical (unpaired) electrons. The number of oxazole rings is 2. The minimum Gasteiger partial charge on any atom is -1.00 e. The van der Waals surface area contributed by atoms with Crippen molar-refractivity contribution in [3.8, 4) is 34.0 Å². The molecule has 4 aromatic heterocycles. The van der Waals surface area contributed by atoms with Crippen LogP contribution in [0.3, 0.4) is 0 Å². The predicted molar refractivity (Wildman–Crippen MR) is 299 cm³/mol. The maximum Gasteiger partial charge on any atom is 2.00 e. The summed E-state index contributed by atoms with van der Waals surface area (Å²) in [6.45, 7) is 10.6. The fourth-order valence-corrected chi connectivity index (χ4v) is 9.92. The summed E-state index contributed by atoms with van der Waals surface area (Å²) in [5.41, 5.74) is 4.48. The third-order valence-electron chi connectivity index (χ3n) is 14.0. The zero-order valence-corrected chi connectivity index (χ0v) is 49.4. The number of halogens is 1. The van der Waals surface area contributed by atoms with E-state index in [0.717, 1.165) is 55.7 Å². The molecule has 0 aliphatic carbocycles. The van der Waals surface area contributed by atoms with Crippen LogP contribution in [0.4, 0.5) is 0 Å². The summed E-state index contributed by atoms with van der Waals surface area (Å²) in [4.78, 5) is 55.8. The van der Waals surface area contributed by atoms with Crippen LogP contribution in [0.1, 0.15) is 122 Å². The first-order chi connectivity index (χ1) is 37.3. The molecule has 3 aliphatic rings. The molecule has 8 aromatic rings. The Morgan fingerprint density at radius 1 is 0.613 bits per heavy atom. The Balaban J connectivity index is 0.000000229. The Morgan fingerprint density at radius 2 is 1.01 bits per heavy atom. The number of ether oxygens (including phenoxy) is 2. The number of likely N-dealkylation sites (tertiary alicyclic amines) is 2. The first kappa shape index (κ1) is 62.4. The number of hydrogen-bond acceptors (Lipinski definition) is 14. The summed E-state index contributed by atoms with van der Waals surface area (Å²) in [7, 11) is 1.36. The van der Waals surface area contributed by atoms with Gasteiger partial charge < -0.3 is 57.6 Å². The van der Waals surface area contributed by atoms with Gasteiger partial charge >= 0.3 is 29.0 Å². The molecule has 2 amide bonds. The zero-order chi connectivity index (χ0) is 53.9. The number of carbonyl (C=O) groups is 3. The smallest absolute Gasteiger partial charge is 1.00 e. The summed E-state index contributed by atoms with van der Waals surface area (Å²) >= 11 is 0. The van der Waals surface area contributed by atoms with Crippen molar-refractivity contribution in [3.05, 3.63) is 176 Å². The summed E-state index contributed by atoms with van der Waals surface area (Å²) in [6, 6.07) is 34.3. The molecule has 80 heavy (non-hydrogen) atoms. The zero-order valence-electron chi connectivity index (χ0n) is 46.4. The molecule has 20 heteroatoms. The predicted octanol–water partition coefficient (Wildman–Crippen LogP) is 6.56. The number of amides is 2. The molecule has 3 aliphatic heterocycles. The standard InChI is InChI=1S/C28H31N5O3.C27H27N5O4.C4H8O.CH3.BrH.Mg/c1-19-13-14-21(18-32(19)27(34)22-11-7-8-12-24(22)33-29-15-16-30-33)26-31-23(17-28(2,3)35)25(36-26)20-9-5-4-6-10-20;1-18-12-13-20(17-31(18)27(34)21-10-6-7-11-23(21)32-28-14-15-29-32)26-30-22(16-24(33)35-2)25(36-26)19-8-4-3-5-9-19;1-2-4-5-3-1;;;/h4-12,15-16,19,21,35H,13-14,17-18H2,1-3H3;3-11,14-15,18,20H,12-13,16-17H2,1-2H3;1-4H2;1H3;1H;/q;;;-1;;+2/p-1/t19-,21-;18-,20-;;;;/m11..../s1. The maximum absolute atomic E-state index is 13.8. The van der Waals surface area contributed by atoms with Gasteiger partial charge in [0, 0.05) is 55.9 Å². The van der Waals surface area contributed by atoms with Gasteiger partial charge in [-0.25, -0.2) is 9.97 Å². The average Bonchev–Trinajstić information content (AvgIpc) is 4.34. The third kappa shape index (κ3) is 15.3. The molecule has 11 rings (SSSR count). The maximum atomic E-state index is 13.8. The van der Waals surface area contributed by atoms with E-state index in [2.05, 4.69) is 34.2 Å². The minimum atomic E-state index is -0.926. The number of rotatable bonds is 12. The van der Waals surface area contributed by atoms with Crippen molar-refractivity contribution >= 4 is 40.8 Å². The molecule has 3 fully saturated rings. The molecular formula is C60H69BrMgN10O8. The molecular weight excluding hydrogens is 1090 g/mol. The molecule has 0 bridgehead atoms. The van der Waals surface area contributed by atoms with E-state index in [-0.39, 0.29) is 95.6 Å². The number of carbonyl (C=O) groups excluding carboxylic acids is 3. The molecule has 18 nitrogen and oxygen atoms in total. The molecule has 4 aromatic carbocycles. The molecule has 3 saturated heterocycles. The topological polar surface area (TPSA) is 210 Å². The number of aromatic nitrogens is 8. The van der Waals surface area contributed by atoms with Crippen molar-refractivity contribution in [2.45, 2.75) is 109 Å². The number of para-hydroxylation sites is 2. The van der Waals surface area contributed by atoms with E-state index in [1.165, 1.54) is 29.5 Å². The Morgan fingerprint density at radius 3 is 1.41 bits per heavy atom. The van der Waals surface area contributed by atoms with Crippen LogP contribution in [-0.4, -0.2) is 147 Å². The molecule has 4 atom stereocenters. The SMILES string of the molecule is C1CCOC1.COC(=O)Cc1nc([C@@H]2CC[C@@H](C)N(C(=O)c3ccccc3-n3nccn3)C2)oc1-c1ccccc1.C[C@@H]1CC[C@@H](c2nc(CC(C)(C)O)c(-c3ccccc3)o2)CN1C(=O)c1ccccc1-n1nccn1.[Br-].[CH3-].[Mg+2]. The van der Waals surface area contributed by atoms with Crippen LogP contribution in [0.5, 0.6) is 0 Å². The summed E-state index contributed by atoms with van der Waals surface area (Å²) in [5, 5.41) is 27.3. The average molecular weight is 1160 g/mol. The largest absolute Gasteiger partial charge is 2.00 e. The van der Waals surface area contributed by atoms with Crippen molar-refractivity contribution < 1.29 is 54.8 Å². The van der Waals surface area contributed by atoms with Crippen LogP contribution in [0.25, 0.3) is 34.0 Å². The van der Waals surface area contributed by atoms with Crippen LogP contribution in [0, 0.1) is 7.43 Å². The molecule has 7 heterocycles. The molecule has 0 saturated carbocycles. The van der Waals surface area contributed by atoms with Gasteiger partial charge in [0.2, 0.25) is 0 Å². The van der Waals surface area contributed by atoms with Gasteiger partial charge in [0.15, 0.2) is 23.3 Å². The molecule has 416 valence electrons. The van der Waals surface area contributed by atoms with Crippen LogP contribution < -0.4 is 17.0 Å². The van der Waals surface area contributed by atoms with Gasteiger partial charge in [-0.1, -0.05) is 84.9 Å². The van der Waals surface area contributed by atoms with E-state index >= 15 is 0 Å². The second kappa shape index (κ2) is 29.0. The third-order valence-corrected chi connectivity index (χ3v) is 14.0. The van der Waals surface area contributed by atoms with E-state index in [9.17, 15) is 19.5 Å². The van der Waals surface area contributed by atoms with Crippen molar-refractivity contribution in [1.82, 2.24) is 49.8 Å². The van der Waals surface area contributed by atoms with Crippen molar-refractivity contribution in [1.29, 1.82) is 0 Å². The number of hydrogen-bond donors (Lipinski definition) is 1. The van der Waals surface area contributed by atoms with E-state index in [0.29, 0.717) is 71.0 Å². The molecule has 0 spiro atoms. The number of aliphatic hydroxyl groups is 1. The van der Waals surface area contributed by atoms with E-state index < -0.39 is 5.60 Å². The second-order valence-electron chi connectivity index (χ2n) is 20.3. The number of methoxy groups -OCH3 is 1. The van der Waals surface area contributed by atoms with Crippen molar-refractivity contribution in [2.75, 3.05) is 33.4 Å². The monoisotopic (exact) mass is 1160 g/mol. The second-order valence-corrected chi connectivity index (χ2v) is 20.3. The summed E-state index contributed by atoms with van der Waals surface area (Å²) < 4.78 is 22.4. The molecule has 0 unspecified atom stereocenters. The Bertz CT molecular complexity index is 3190. The number of benzene rings is 4. The normalized spacial score (nSPS) is 17.7. The molecule has 1 N–H and O–H groups in total. The van der Waals surface area contributed by atoms with Gasteiger partial charge in [0.1, 0.15) is 0 Å². The van der Waals surface area contributed by atoms with Crippen LogP contribution in [-0.2, 0) is 27.1 Å². The van der Waals surface area contributed by atoms with Gasteiger partial charge in [-0.15, -0.1) is 0 Å². The van der Waals surface area contributed by atoms with Gasteiger partial charge in [0.25, 0.3) is 11.8 Å². The van der Waals surface area contributed by atoms with Crippen molar-refractivity contribution in [2.24, 2.45) is 0 Å². The van der Waals surface area contributed by atoms with E-state index in [1.54, 1.807) is 44.7 Å². The summed E-state index contributed by atoms with van der Waals surface area (Å²) in [6.07, 6.45) is 12.6. The fraction of sp³-hybridized carbons (Fsp3) is 0.367. The van der Waals surface area contributed by atoms with Gasteiger partial charge in [-0.3, -0.25) is 14.4 Å². The minimum absolute atomic E-state index is 0. The first-order valence-electron chi connectivity index (χ1n) is 26.4. The van der Waals surface area contributed by atoms with Gasteiger partial charge in [0.05, 0.1) is 89.6 Å². The Kier molecular flexibility index (Phi) is 22.6. The Hall–Kier alpha value is -6.84. The van der Waals surface area contributed by atoms with Crippen LogP contribution >= 0.6 is 0 Å². The van der Waals surface area contributed by atoms with E-state index in [1.807, 2.05) is 113 Å². The van der Waals surface area contributed by atoms with Crippen LogP contribution in [0.2, 0.25) is 0 Å². The Labute approximate surface area is 494 Å². The number of piperidine rings is 2. The first-order valence-corrected chi connectivity index (χ1v) is 26.4. The quantitative estimate of drug-likeness (QED) is 0.0781. The van der Waals surface area contributed by atoms with Crippen LogP contribution in [0.15, 0.2) is 143 Å². The van der Waals surface area contributed by atoms with Gasteiger partial charge in [-0.2, -0.15) is 30.0 Å². The van der Waals surface area contributed by atoms with E-state index in [4.69, 9.17) is 28.3 Å². The number of esters is 1. The van der Waals surface area contributed by atoms with Gasteiger partial charge in [-0.05, 0) is 90.5 Å². The summed E-state index contributed by atoms with van der Waals surface area (Å²) in [5.74, 6) is 1.69.